The topological polar surface area (TPSA) is 118 Å². The van der Waals surface area contributed by atoms with Gasteiger partial charge >= 0.3 is 6.18 Å². The lowest BCUT2D eigenvalue weighted by Crippen LogP contribution is -2.43. The summed E-state index contributed by atoms with van der Waals surface area (Å²) in [5, 5.41) is 8.08. The molecule has 0 saturated carbocycles. The lowest BCUT2D eigenvalue weighted by atomic mass is 9.95. The Bertz CT molecular complexity index is 1750. The van der Waals surface area contributed by atoms with Crippen LogP contribution in [0.25, 0.3) is 16.9 Å². The monoisotopic (exact) mass is 643 g/mol. The number of alkyl halides is 3. The number of hydrogen-bond donors (Lipinski definition) is 2. The van der Waals surface area contributed by atoms with E-state index in [0.29, 0.717) is 49.4 Å². The van der Waals surface area contributed by atoms with Crippen LogP contribution in [0.3, 0.4) is 0 Å². The summed E-state index contributed by atoms with van der Waals surface area (Å²) in [7, 11) is 0. The Hall–Kier alpha value is -4.40. The number of carbonyl (C=O) groups is 1. The van der Waals surface area contributed by atoms with E-state index in [1.54, 1.807) is 10.6 Å². The summed E-state index contributed by atoms with van der Waals surface area (Å²) in [5.41, 5.74) is 5.90. The number of rotatable bonds is 7. The molecule has 0 bridgehead atoms. The molecule has 2 aliphatic heterocycles. The van der Waals surface area contributed by atoms with E-state index < -0.39 is 35.0 Å². The van der Waals surface area contributed by atoms with Crippen LogP contribution in [0.1, 0.15) is 61.6 Å². The van der Waals surface area contributed by atoms with Crippen LogP contribution in [0.15, 0.2) is 36.4 Å². The lowest BCUT2D eigenvalue weighted by molar-refractivity contribution is -0.0884. The van der Waals surface area contributed by atoms with Crippen molar-refractivity contribution in [2.24, 2.45) is 0 Å². The molecule has 6 rings (SSSR count). The quantitative estimate of drug-likeness (QED) is 0.200. The number of hydrogen-bond acceptors (Lipinski definition) is 9. The molecule has 0 spiro atoms. The largest absolute Gasteiger partial charge is 0.455 e. The molecule has 1 atom stereocenters. The van der Waals surface area contributed by atoms with Crippen LogP contribution in [-0.2, 0) is 0 Å². The smallest absolute Gasteiger partial charge is 0.383 e. The second-order valence-corrected chi connectivity index (χ2v) is 12.1. The number of ketones is 1. The predicted molar refractivity (Wildman–Crippen MR) is 163 cm³/mol. The number of nitrogens with one attached hydrogen (secondary N) is 1. The van der Waals surface area contributed by atoms with Gasteiger partial charge in [-0.15, -0.1) is 5.10 Å². The highest BCUT2D eigenvalue weighted by molar-refractivity contribution is 6.03. The molecule has 3 N–H and O–H groups in total. The minimum Gasteiger partial charge on any atom is -0.383 e. The number of aromatic nitrogens is 5. The van der Waals surface area contributed by atoms with Crippen LogP contribution >= 0.6 is 0 Å². The second kappa shape index (κ2) is 12.4. The van der Waals surface area contributed by atoms with Crippen molar-refractivity contribution in [3.63, 3.8) is 0 Å². The summed E-state index contributed by atoms with van der Waals surface area (Å²) in [6.07, 6.45) is -1.85. The Kier molecular flexibility index (Phi) is 8.53. The maximum absolute atomic E-state index is 14.9. The number of nitrogens with zero attached hydrogens (tertiary/aromatic N) is 7. The number of benzene rings is 1. The van der Waals surface area contributed by atoms with Crippen LogP contribution in [-0.4, -0.2) is 79.7 Å². The summed E-state index contributed by atoms with van der Waals surface area (Å²) in [5.74, 6) is -2.55. The molecule has 2 fully saturated rings. The number of Topliss-reactive ketones (excluding diaryl/α,β-unsaturated/α-hetero) is 1. The fraction of sp³-hybridized carbons (Fsp3) is 0.452. The Morgan fingerprint density at radius 2 is 1.76 bits per heavy atom. The standard InChI is InChI=1S/C31H34F5N9O/c1-17(2)43-12-9-18(10-13-43)29-41-26-15-24(21-6-5-19(32)14-23(21)33)39-30(45(26)42-29)44-11-3-4-20(16-44)38-25-8-7-22(28(37)40-25)27(46)31(34,35)36/h5-8,14-15,17-18,20H,3-4,9-13,16H2,1-2H3,(H3,37,38,40). The van der Waals surface area contributed by atoms with E-state index in [2.05, 4.69) is 29.0 Å². The summed E-state index contributed by atoms with van der Waals surface area (Å²) >= 11 is 0. The molecule has 10 nitrogen and oxygen atoms in total. The first-order valence-electron chi connectivity index (χ1n) is 15.2. The molecule has 3 aromatic heterocycles. The van der Waals surface area contributed by atoms with E-state index in [9.17, 15) is 26.7 Å². The summed E-state index contributed by atoms with van der Waals surface area (Å²) in [4.78, 5) is 29.7. The number of carbonyl (C=O) groups excluding carboxylic acids is 1. The highest BCUT2D eigenvalue weighted by Crippen LogP contribution is 2.32. The zero-order chi connectivity index (χ0) is 32.7. The van der Waals surface area contributed by atoms with Gasteiger partial charge in [0.05, 0.1) is 11.3 Å². The summed E-state index contributed by atoms with van der Waals surface area (Å²) in [6, 6.07) is 7.50. The van der Waals surface area contributed by atoms with E-state index in [1.807, 2.05) is 4.90 Å². The van der Waals surface area contributed by atoms with Crippen LogP contribution in [0.4, 0.5) is 39.5 Å². The Balaban J connectivity index is 1.30. The van der Waals surface area contributed by atoms with Gasteiger partial charge in [-0.25, -0.2) is 23.7 Å². The molecular formula is C31H34F5N9O. The number of halogens is 5. The third-order valence-electron chi connectivity index (χ3n) is 8.64. The zero-order valence-corrected chi connectivity index (χ0v) is 25.4. The third-order valence-corrected chi connectivity index (χ3v) is 8.64. The van der Waals surface area contributed by atoms with E-state index in [-0.39, 0.29) is 29.0 Å². The van der Waals surface area contributed by atoms with Gasteiger partial charge in [-0.3, -0.25) is 4.79 Å². The molecule has 0 radical (unpaired) electrons. The number of likely N-dealkylation sites (tertiary alicyclic amines) is 1. The molecule has 4 aromatic rings. The van der Waals surface area contributed by atoms with Gasteiger partial charge in [0.2, 0.25) is 5.95 Å². The molecule has 244 valence electrons. The average Bonchev–Trinajstić information content (AvgIpc) is 3.44. The van der Waals surface area contributed by atoms with Crippen molar-refractivity contribution < 1.29 is 26.7 Å². The van der Waals surface area contributed by atoms with Gasteiger partial charge in [0.1, 0.15) is 23.3 Å². The van der Waals surface area contributed by atoms with Crippen LogP contribution in [0.5, 0.6) is 0 Å². The minimum atomic E-state index is -5.06. The second-order valence-electron chi connectivity index (χ2n) is 12.1. The van der Waals surface area contributed by atoms with Gasteiger partial charge in [-0.05, 0) is 76.9 Å². The number of fused-ring (bicyclic) bond motifs is 1. The van der Waals surface area contributed by atoms with Gasteiger partial charge in [0, 0.05) is 48.8 Å². The SMILES string of the molecule is CC(C)N1CCC(c2nc3cc(-c4ccc(F)cc4F)nc(N4CCCC(Nc5ccc(C(=O)C(F)(F)F)c(N)n5)C4)n3n2)CC1. The first-order valence-corrected chi connectivity index (χ1v) is 15.2. The first-order chi connectivity index (χ1) is 21.9. The van der Waals surface area contributed by atoms with Gasteiger partial charge in [0.25, 0.3) is 5.78 Å². The maximum atomic E-state index is 14.9. The summed E-state index contributed by atoms with van der Waals surface area (Å²) in [6.45, 7) is 7.19. The van der Waals surface area contributed by atoms with Crippen LogP contribution < -0.4 is 16.0 Å². The van der Waals surface area contributed by atoms with Crippen molar-refractivity contribution in [3.05, 3.63) is 59.4 Å². The van der Waals surface area contributed by atoms with Crippen molar-refractivity contribution in [1.82, 2.24) is 29.5 Å². The number of nitrogens with two attached hydrogens (primary N) is 1. The molecule has 46 heavy (non-hydrogen) atoms. The fourth-order valence-electron chi connectivity index (χ4n) is 6.16. The molecule has 2 saturated heterocycles. The van der Waals surface area contributed by atoms with Gasteiger partial charge < -0.3 is 20.9 Å². The fourth-order valence-corrected chi connectivity index (χ4v) is 6.16. The molecule has 15 heteroatoms. The number of pyridine rings is 1. The third kappa shape index (κ3) is 6.46. The molecule has 1 unspecified atom stereocenters. The molecule has 5 heterocycles. The Labute approximate surface area is 261 Å². The van der Waals surface area contributed by atoms with Crippen molar-refractivity contribution in [2.45, 2.75) is 63.7 Å². The highest BCUT2D eigenvalue weighted by atomic mass is 19.4. The van der Waals surface area contributed by atoms with Crippen molar-refractivity contribution in [2.75, 3.05) is 42.1 Å². The van der Waals surface area contributed by atoms with Crippen molar-refractivity contribution in [3.8, 4) is 11.3 Å². The minimum absolute atomic E-state index is 0.125. The molecule has 0 amide bonds. The predicted octanol–water partition coefficient (Wildman–Crippen LogP) is 5.46. The number of nitrogen functional groups attached to an aromatic ring is 1. The Morgan fingerprint density at radius 1 is 1.00 bits per heavy atom. The lowest BCUT2D eigenvalue weighted by Gasteiger charge is -2.34. The van der Waals surface area contributed by atoms with E-state index in [0.717, 1.165) is 38.1 Å². The highest BCUT2D eigenvalue weighted by Gasteiger charge is 2.40. The molecule has 2 aliphatic rings. The number of anilines is 3. The molecular weight excluding hydrogens is 609 g/mol. The first kappa shape index (κ1) is 31.6. The van der Waals surface area contributed by atoms with Gasteiger partial charge in [-0.2, -0.15) is 17.7 Å². The van der Waals surface area contributed by atoms with E-state index in [1.165, 1.54) is 18.2 Å². The van der Waals surface area contributed by atoms with Crippen molar-refractivity contribution in [1.29, 1.82) is 0 Å². The maximum Gasteiger partial charge on any atom is 0.455 e. The molecule has 0 aliphatic carbocycles. The van der Waals surface area contributed by atoms with E-state index in [4.69, 9.17) is 20.8 Å². The zero-order valence-electron chi connectivity index (χ0n) is 25.4. The van der Waals surface area contributed by atoms with Crippen LogP contribution in [0.2, 0.25) is 0 Å². The number of piperidine rings is 2. The average molecular weight is 644 g/mol. The Morgan fingerprint density at radius 3 is 2.43 bits per heavy atom. The molecule has 1 aromatic carbocycles. The summed E-state index contributed by atoms with van der Waals surface area (Å²) < 4.78 is 69.1. The normalized spacial score (nSPS) is 18.4. The van der Waals surface area contributed by atoms with Gasteiger partial charge in [-0.1, -0.05) is 0 Å². The van der Waals surface area contributed by atoms with Gasteiger partial charge in [0.15, 0.2) is 11.5 Å². The van der Waals surface area contributed by atoms with E-state index >= 15 is 0 Å². The van der Waals surface area contributed by atoms with Crippen molar-refractivity contribution >= 4 is 29.0 Å². The van der Waals surface area contributed by atoms with Crippen LogP contribution in [0, 0.1) is 11.6 Å².